The molecule has 2 N–H and O–H groups in total. The van der Waals surface area contributed by atoms with Gasteiger partial charge in [-0.25, -0.2) is 9.97 Å². The summed E-state index contributed by atoms with van der Waals surface area (Å²) in [5.41, 5.74) is 5.89. The molecule has 1 saturated heterocycles. The third-order valence-electron chi connectivity index (χ3n) is 3.15. The second-order valence-electron chi connectivity index (χ2n) is 4.54. The summed E-state index contributed by atoms with van der Waals surface area (Å²) in [6.45, 7) is 1.96. The van der Waals surface area contributed by atoms with E-state index in [2.05, 4.69) is 14.9 Å². The summed E-state index contributed by atoms with van der Waals surface area (Å²) in [6.07, 6.45) is 5.45. The Labute approximate surface area is 89.5 Å². The van der Waals surface area contributed by atoms with Gasteiger partial charge in [-0.05, 0) is 25.3 Å². The molecule has 1 aromatic rings. The van der Waals surface area contributed by atoms with Crippen LogP contribution in [0.25, 0.3) is 0 Å². The standard InChI is InChI=1S/C11H16N4/c12-9-4-6-15(7-9)10-3-5-13-11(14-10)8-1-2-8/h3,5,8-9H,1-2,4,6-7,12H2/t9-/m1/s1. The molecule has 3 rings (SSSR count). The molecule has 1 saturated carbocycles. The van der Waals surface area contributed by atoms with Crippen molar-refractivity contribution in [2.75, 3.05) is 18.0 Å². The normalized spacial score (nSPS) is 25.9. The highest BCUT2D eigenvalue weighted by atomic mass is 15.2. The quantitative estimate of drug-likeness (QED) is 0.777. The lowest BCUT2D eigenvalue weighted by Gasteiger charge is -2.16. The Bertz CT molecular complexity index is 361. The molecule has 1 aromatic heterocycles. The van der Waals surface area contributed by atoms with Crippen LogP contribution in [0.3, 0.4) is 0 Å². The number of nitrogens with zero attached hydrogens (tertiary/aromatic N) is 3. The van der Waals surface area contributed by atoms with Crippen molar-refractivity contribution in [2.45, 2.75) is 31.2 Å². The molecule has 0 bridgehead atoms. The smallest absolute Gasteiger partial charge is 0.133 e. The Hall–Kier alpha value is -1.16. The molecule has 15 heavy (non-hydrogen) atoms. The van der Waals surface area contributed by atoms with Gasteiger partial charge in [-0.3, -0.25) is 0 Å². The van der Waals surface area contributed by atoms with Crippen LogP contribution in [0.4, 0.5) is 5.82 Å². The van der Waals surface area contributed by atoms with Gasteiger partial charge in [-0.15, -0.1) is 0 Å². The summed E-state index contributed by atoms with van der Waals surface area (Å²) >= 11 is 0. The van der Waals surface area contributed by atoms with Gasteiger partial charge < -0.3 is 10.6 Å². The van der Waals surface area contributed by atoms with Crippen LogP contribution >= 0.6 is 0 Å². The topological polar surface area (TPSA) is 55.0 Å². The van der Waals surface area contributed by atoms with Gasteiger partial charge in [0.05, 0.1) is 0 Å². The Morgan fingerprint density at radius 1 is 1.33 bits per heavy atom. The zero-order valence-corrected chi connectivity index (χ0v) is 8.76. The lowest BCUT2D eigenvalue weighted by atomic mass is 10.3. The molecule has 4 heteroatoms. The van der Waals surface area contributed by atoms with Crippen LogP contribution in [0, 0.1) is 0 Å². The van der Waals surface area contributed by atoms with Gasteiger partial charge in [0.2, 0.25) is 0 Å². The minimum atomic E-state index is 0.310. The Kier molecular flexibility index (Phi) is 2.09. The molecule has 1 aliphatic carbocycles. The minimum absolute atomic E-state index is 0.310. The van der Waals surface area contributed by atoms with Crippen LogP contribution < -0.4 is 10.6 Å². The SMILES string of the molecule is N[C@@H]1CCN(c2ccnc(C3CC3)n2)C1. The Morgan fingerprint density at radius 3 is 2.87 bits per heavy atom. The van der Waals surface area contributed by atoms with Crippen LogP contribution in [0.5, 0.6) is 0 Å². The van der Waals surface area contributed by atoms with E-state index in [9.17, 15) is 0 Å². The lowest BCUT2D eigenvalue weighted by Crippen LogP contribution is -2.27. The Balaban J connectivity index is 1.81. The average molecular weight is 204 g/mol. The molecule has 1 atom stereocenters. The van der Waals surface area contributed by atoms with Gasteiger partial charge in [0, 0.05) is 31.2 Å². The van der Waals surface area contributed by atoms with Crippen molar-refractivity contribution in [3.63, 3.8) is 0 Å². The van der Waals surface area contributed by atoms with E-state index in [0.717, 1.165) is 31.2 Å². The fourth-order valence-corrected chi connectivity index (χ4v) is 2.07. The van der Waals surface area contributed by atoms with E-state index in [4.69, 9.17) is 5.73 Å². The first kappa shape index (κ1) is 9.09. The number of rotatable bonds is 2. The molecule has 0 radical (unpaired) electrons. The molecule has 0 amide bonds. The number of hydrogen-bond acceptors (Lipinski definition) is 4. The molecule has 4 nitrogen and oxygen atoms in total. The fraction of sp³-hybridized carbons (Fsp3) is 0.636. The summed E-state index contributed by atoms with van der Waals surface area (Å²) in [5.74, 6) is 2.70. The van der Waals surface area contributed by atoms with E-state index in [0.29, 0.717) is 12.0 Å². The van der Waals surface area contributed by atoms with E-state index < -0.39 is 0 Å². The highest BCUT2D eigenvalue weighted by Gasteiger charge is 2.27. The van der Waals surface area contributed by atoms with E-state index >= 15 is 0 Å². The highest BCUT2D eigenvalue weighted by molar-refractivity contribution is 5.39. The maximum atomic E-state index is 5.89. The van der Waals surface area contributed by atoms with E-state index in [-0.39, 0.29) is 0 Å². The molecule has 2 fully saturated rings. The molecule has 1 aliphatic heterocycles. The predicted octanol–water partition coefficient (Wildman–Crippen LogP) is 0.891. The summed E-state index contributed by atoms with van der Waals surface area (Å²) < 4.78 is 0. The van der Waals surface area contributed by atoms with Gasteiger partial charge in [-0.1, -0.05) is 0 Å². The number of hydrogen-bond donors (Lipinski definition) is 1. The molecular weight excluding hydrogens is 188 g/mol. The highest BCUT2D eigenvalue weighted by Crippen LogP contribution is 2.38. The van der Waals surface area contributed by atoms with Crippen LogP contribution in [0.1, 0.15) is 31.0 Å². The van der Waals surface area contributed by atoms with Crippen molar-refractivity contribution in [1.29, 1.82) is 0 Å². The van der Waals surface area contributed by atoms with Crippen LogP contribution in [-0.2, 0) is 0 Å². The molecule has 0 aromatic carbocycles. The van der Waals surface area contributed by atoms with Crippen molar-refractivity contribution in [3.05, 3.63) is 18.1 Å². The average Bonchev–Trinajstić information content (AvgIpc) is 3.02. The Morgan fingerprint density at radius 2 is 2.20 bits per heavy atom. The van der Waals surface area contributed by atoms with Gasteiger partial charge in [0.25, 0.3) is 0 Å². The van der Waals surface area contributed by atoms with Crippen LogP contribution in [0.2, 0.25) is 0 Å². The minimum Gasteiger partial charge on any atom is -0.355 e. The third-order valence-corrected chi connectivity index (χ3v) is 3.15. The summed E-state index contributed by atoms with van der Waals surface area (Å²) in [5, 5.41) is 0. The van der Waals surface area contributed by atoms with Crippen LogP contribution in [0.15, 0.2) is 12.3 Å². The number of aromatic nitrogens is 2. The second kappa shape index (κ2) is 3.45. The first-order valence-electron chi connectivity index (χ1n) is 5.66. The number of anilines is 1. The van der Waals surface area contributed by atoms with Crippen molar-refractivity contribution < 1.29 is 0 Å². The van der Waals surface area contributed by atoms with Gasteiger partial charge >= 0.3 is 0 Å². The summed E-state index contributed by atoms with van der Waals surface area (Å²) in [7, 11) is 0. The van der Waals surface area contributed by atoms with Crippen LogP contribution in [-0.4, -0.2) is 29.1 Å². The van der Waals surface area contributed by atoms with E-state index in [1.807, 2.05) is 12.3 Å². The maximum Gasteiger partial charge on any atom is 0.133 e. The molecule has 2 aliphatic rings. The van der Waals surface area contributed by atoms with Crippen molar-refractivity contribution >= 4 is 5.82 Å². The second-order valence-corrected chi connectivity index (χ2v) is 4.54. The predicted molar refractivity (Wildman–Crippen MR) is 58.8 cm³/mol. The van der Waals surface area contributed by atoms with Gasteiger partial charge in [0.15, 0.2) is 0 Å². The fourth-order valence-electron chi connectivity index (χ4n) is 2.07. The van der Waals surface area contributed by atoms with Crippen molar-refractivity contribution in [1.82, 2.24) is 9.97 Å². The van der Waals surface area contributed by atoms with Gasteiger partial charge in [-0.2, -0.15) is 0 Å². The van der Waals surface area contributed by atoms with Crippen molar-refractivity contribution in [3.8, 4) is 0 Å². The third kappa shape index (κ3) is 1.81. The first-order valence-corrected chi connectivity index (χ1v) is 5.66. The number of nitrogens with two attached hydrogens (primary N) is 1. The monoisotopic (exact) mass is 204 g/mol. The molecule has 0 spiro atoms. The zero-order valence-electron chi connectivity index (χ0n) is 8.76. The largest absolute Gasteiger partial charge is 0.355 e. The lowest BCUT2D eigenvalue weighted by molar-refractivity contribution is 0.750. The molecule has 0 unspecified atom stereocenters. The zero-order chi connectivity index (χ0) is 10.3. The van der Waals surface area contributed by atoms with Crippen molar-refractivity contribution in [2.24, 2.45) is 5.73 Å². The van der Waals surface area contributed by atoms with E-state index in [1.54, 1.807) is 0 Å². The van der Waals surface area contributed by atoms with Gasteiger partial charge in [0.1, 0.15) is 11.6 Å². The molecular formula is C11H16N4. The molecule has 2 heterocycles. The molecule has 80 valence electrons. The summed E-state index contributed by atoms with van der Waals surface area (Å²) in [4.78, 5) is 11.2. The first-order chi connectivity index (χ1) is 7.33. The maximum absolute atomic E-state index is 5.89. The summed E-state index contributed by atoms with van der Waals surface area (Å²) in [6, 6.07) is 2.30. The van der Waals surface area contributed by atoms with E-state index in [1.165, 1.54) is 12.8 Å².